The predicted octanol–water partition coefficient (Wildman–Crippen LogP) is 3.39. The lowest BCUT2D eigenvalue weighted by atomic mass is 9.96. The highest BCUT2D eigenvalue weighted by Gasteiger charge is 2.25. The first-order valence-corrected chi connectivity index (χ1v) is 9.77. The van der Waals surface area contributed by atoms with Gasteiger partial charge >= 0.3 is 5.69 Å². The molecule has 1 aliphatic heterocycles. The lowest BCUT2D eigenvalue weighted by Crippen LogP contribution is -2.38. The molecule has 9 nitrogen and oxygen atoms in total. The van der Waals surface area contributed by atoms with E-state index in [0.29, 0.717) is 43.1 Å². The van der Waals surface area contributed by atoms with Crippen molar-refractivity contribution >= 4 is 34.6 Å². The Morgan fingerprint density at radius 2 is 2.00 bits per heavy atom. The van der Waals surface area contributed by atoms with Crippen LogP contribution in [-0.2, 0) is 4.79 Å². The average Bonchev–Trinajstić information content (AvgIpc) is 2.67. The topological polar surface area (TPSA) is 126 Å². The van der Waals surface area contributed by atoms with E-state index < -0.39 is 10.7 Å². The summed E-state index contributed by atoms with van der Waals surface area (Å²) in [4.78, 5) is 28.2. The van der Waals surface area contributed by atoms with E-state index in [4.69, 9.17) is 5.73 Å². The largest absolute Gasteiger partial charge is 0.369 e. The second-order valence-corrected chi connectivity index (χ2v) is 7.58. The van der Waals surface area contributed by atoms with Crippen LogP contribution in [0.2, 0.25) is 0 Å². The quantitative estimate of drug-likeness (QED) is 0.466. The summed E-state index contributed by atoms with van der Waals surface area (Å²) in [7, 11) is 0. The third-order valence-electron chi connectivity index (χ3n) is 4.96. The number of pyridine rings is 1. The highest BCUT2D eigenvalue weighted by atomic mass is 19.1. The molecule has 3 rings (SSSR count). The highest BCUT2D eigenvalue weighted by Crippen LogP contribution is 2.31. The molecule has 30 heavy (non-hydrogen) atoms. The van der Waals surface area contributed by atoms with Crippen molar-refractivity contribution in [3.63, 3.8) is 0 Å². The van der Waals surface area contributed by atoms with Gasteiger partial charge in [0.15, 0.2) is 0 Å². The van der Waals surface area contributed by atoms with Crippen molar-refractivity contribution in [1.29, 1.82) is 0 Å². The van der Waals surface area contributed by atoms with Gasteiger partial charge in [0.1, 0.15) is 11.6 Å². The van der Waals surface area contributed by atoms with Crippen LogP contribution in [0.3, 0.4) is 0 Å². The molecule has 160 valence electrons. The van der Waals surface area contributed by atoms with Gasteiger partial charge in [-0.1, -0.05) is 0 Å². The zero-order valence-corrected chi connectivity index (χ0v) is 16.9. The van der Waals surface area contributed by atoms with Crippen LogP contribution in [0.15, 0.2) is 30.3 Å². The van der Waals surface area contributed by atoms with Gasteiger partial charge in [-0.25, -0.2) is 9.37 Å². The molecule has 1 amide bonds. The summed E-state index contributed by atoms with van der Waals surface area (Å²) in [6, 6.07) is 7.53. The van der Waals surface area contributed by atoms with Crippen molar-refractivity contribution in [1.82, 2.24) is 4.98 Å². The summed E-state index contributed by atoms with van der Waals surface area (Å²) in [5.74, 6) is -0.453. The zero-order chi connectivity index (χ0) is 21.8. The highest BCUT2D eigenvalue weighted by molar-refractivity contribution is 5.77. The molecule has 0 radical (unpaired) electrons. The van der Waals surface area contributed by atoms with Crippen LogP contribution in [0.1, 0.15) is 26.7 Å². The Bertz CT molecular complexity index is 944. The number of hydrogen-bond donors (Lipinski definition) is 3. The number of nitro groups is 1. The van der Waals surface area contributed by atoms with E-state index in [1.54, 1.807) is 12.1 Å². The summed E-state index contributed by atoms with van der Waals surface area (Å²) in [6.07, 6.45) is 1.17. The van der Waals surface area contributed by atoms with E-state index >= 15 is 0 Å². The standard InChI is InChI=1S/C20H25FN6O3/c1-12(2)23-18-6-5-17(27(29)30)20(25-18)24-14-3-4-16(15(21)11-14)26-9-7-13(8-10-26)19(22)28/h3-6,11-13H,7-10H2,1-2H3,(H2,22,28)(H2,23,24,25). The molecule has 1 aliphatic rings. The molecule has 2 heterocycles. The minimum Gasteiger partial charge on any atom is -0.369 e. The SMILES string of the molecule is CC(C)Nc1ccc([N+](=O)[O-])c(Nc2ccc(N3CCC(C(N)=O)CC3)c(F)c2)n1. The number of piperidine rings is 1. The van der Waals surface area contributed by atoms with Gasteiger partial charge in [-0.05, 0) is 51.0 Å². The molecule has 1 aromatic carbocycles. The first-order chi connectivity index (χ1) is 14.2. The predicted molar refractivity (Wildman–Crippen MR) is 113 cm³/mol. The first kappa shape index (κ1) is 21.3. The van der Waals surface area contributed by atoms with Gasteiger partial charge in [-0.15, -0.1) is 0 Å². The number of carbonyl (C=O) groups is 1. The fourth-order valence-corrected chi connectivity index (χ4v) is 3.45. The maximum Gasteiger partial charge on any atom is 0.311 e. The molecule has 0 atom stereocenters. The molecule has 1 saturated heterocycles. The minimum absolute atomic E-state index is 0.0278. The summed E-state index contributed by atoms with van der Waals surface area (Å²) < 4.78 is 14.8. The molecule has 1 fully saturated rings. The van der Waals surface area contributed by atoms with Gasteiger partial charge in [-0.3, -0.25) is 14.9 Å². The van der Waals surface area contributed by atoms with Crippen LogP contribution in [0.4, 0.5) is 33.1 Å². The number of hydrogen-bond acceptors (Lipinski definition) is 7. The van der Waals surface area contributed by atoms with E-state index in [1.807, 2.05) is 18.7 Å². The van der Waals surface area contributed by atoms with Crippen molar-refractivity contribution in [3.8, 4) is 0 Å². The molecule has 10 heteroatoms. The van der Waals surface area contributed by atoms with Gasteiger partial charge < -0.3 is 21.3 Å². The van der Waals surface area contributed by atoms with Crippen molar-refractivity contribution in [2.75, 3.05) is 28.6 Å². The molecular formula is C20H25FN6O3. The van der Waals surface area contributed by atoms with E-state index in [-0.39, 0.29) is 29.4 Å². The third kappa shape index (κ3) is 4.94. The molecule has 0 unspecified atom stereocenters. The molecule has 0 saturated carbocycles. The van der Waals surface area contributed by atoms with E-state index in [9.17, 15) is 19.3 Å². The van der Waals surface area contributed by atoms with Crippen molar-refractivity contribution in [2.24, 2.45) is 11.7 Å². The first-order valence-electron chi connectivity index (χ1n) is 9.77. The number of anilines is 4. The lowest BCUT2D eigenvalue weighted by Gasteiger charge is -2.32. The summed E-state index contributed by atoms with van der Waals surface area (Å²) in [6.45, 7) is 4.92. The van der Waals surface area contributed by atoms with Gasteiger partial charge in [0, 0.05) is 36.8 Å². The maximum absolute atomic E-state index is 14.8. The number of amides is 1. The van der Waals surface area contributed by atoms with E-state index in [1.165, 1.54) is 18.2 Å². The lowest BCUT2D eigenvalue weighted by molar-refractivity contribution is -0.384. The molecule has 0 spiro atoms. The van der Waals surface area contributed by atoms with Crippen LogP contribution in [0.5, 0.6) is 0 Å². The Morgan fingerprint density at radius 3 is 2.57 bits per heavy atom. The second kappa shape index (κ2) is 8.93. The van der Waals surface area contributed by atoms with Crippen LogP contribution in [0, 0.1) is 21.8 Å². The van der Waals surface area contributed by atoms with E-state index in [0.717, 1.165) is 0 Å². The fourth-order valence-electron chi connectivity index (χ4n) is 3.45. The maximum atomic E-state index is 14.8. The normalized spacial score (nSPS) is 14.6. The Balaban J connectivity index is 1.79. The van der Waals surface area contributed by atoms with Crippen LogP contribution < -0.4 is 21.3 Å². The number of aromatic nitrogens is 1. The molecule has 0 bridgehead atoms. The number of nitrogens with two attached hydrogens (primary N) is 1. The number of halogens is 1. The number of carbonyl (C=O) groups excluding carboxylic acids is 1. The monoisotopic (exact) mass is 416 g/mol. The number of nitrogens with zero attached hydrogens (tertiary/aromatic N) is 3. The molecule has 2 aromatic rings. The molecular weight excluding hydrogens is 391 g/mol. The summed E-state index contributed by atoms with van der Waals surface area (Å²) >= 11 is 0. The van der Waals surface area contributed by atoms with Gasteiger partial charge in [0.2, 0.25) is 11.7 Å². The smallest absolute Gasteiger partial charge is 0.311 e. The van der Waals surface area contributed by atoms with Crippen molar-refractivity contribution < 1.29 is 14.1 Å². The Kier molecular flexibility index (Phi) is 6.34. The molecule has 1 aromatic heterocycles. The zero-order valence-electron chi connectivity index (χ0n) is 16.9. The fraction of sp³-hybridized carbons (Fsp3) is 0.400. The average molecular weight is 416 g/mol. The van der Waals surface area contributed by atoms with Crippen LogP contribution in [-0.4, -0.2) is 34.9 Å². The summed E-state index contributed by atoms with van der Waals surface area (Å²) in [5, 5.41) is 17.3. The van der Waals surface area contributed by atoms with Crippen molar-refractivity contribution in [2.45, 2.75) is 32.7 Å². The van der Waals surface area contributed by atoms with Gasteiger partial charge in [0.05, 0.1) is 10.6 Å². The van der Waals surface area contributed by atoms with Gasteiger partial charge in [-0.2, -0.15) is 0 Å². The molecule has 4 N–H and O–H groups in total. The third-order valence-corrected chi connectivity index (χ3v) is 4.96. The number of nitrogens with one attached hydrogen (secondary N) is 2. The number of benzene rings is 1. The second-order valence-electron chi connectivity index (χ2n) is 7.58. The van der Waals surface area contributed by atoms with Crippen LogP contribution in [0.25, 0.3) is 0 Å². The Morgan fingerprint density at radius 1 is 1.30 bits per heavy atom. The van der Waals surface area contributed by atoms with Gasteiger partial charge in [0.25, 0.3) is 0 Å². The Labute approximate surface area is 173 Å². The van der Waals surface area contributed by atoms with E-state index in [2.05, 4.69) is 15.6 Å². The van der Waals surface area contributed by atoms with Crippen molar-refractivity contribution in [3.05, 3.63) is 46.3 Å². The molecule has 0 aliphatic carbocycles. The Hall–Kier alpha value is -3.43. The number of rotatable bonds is 7. The summed E-state index contributed by atoms with van der Waals surface area (Å²) in [5.41, 5.74) is 5.91. The minimum atomic E-state index is -0.540. The number of primary amides is 1. The van der Waals surface area contributed by atoms with Crippen LogP contribution >= 0.6 is 0 Å².